The molecule has 1 aromatic rings. The molecule has 1 N–H and O–H groups in total. The van der Waals surface area contributed by atoms with E-state index in [4.69, 9.17) is 16.3 Å². The van der Waals surface area contributed by atoms with Gasteiger partial charge in [-0.05, 0) is 36.5 Å². The van der Waals surface area contributed by atoms with Crippen LogP contribution in [0.25, 0.3) is 0 Å². The Hall–Kier alpha value is -0.100. The number of piperazine rings is 1. The number of halogens is 4. The molecule has 0 bridgehead atoms. The zero-order chi connectivity index (χ0) is 14.7. The summed E-state index contributed by atoms with van der Waals surface area (Å²) in [6.45, 7) is 5.62. The van der Waals surface area contributed by atoms with Crippen LogP contribution in [0.5, 0.6) is 0 Å². The van der Waals surface area contributed by atoms with Gasteiger partial charge in [-0.1, -0.05) is 17.7 Å². The minimum atomic E-state index is -0.318. The maximum atomic E-state index is 13.9. The van der Waals surface area contributed by atoms with Crippen molar-refractivity contribution in [1.29, 1.82) is 0 Å². The molecule has 2 aliphatic rings. The highest BCUT2D eigenvalue weighted by atomic mass is 35.5. The third kappa shape index (κ3) is 5.18. The number of hydrogen-bond acceptors (Lipinski definition) is 3. The predicted octanol–water partition coefficient (Wildman–Crippen LogP) is 3.70. The van der Waals surface area contributed by atoms with Crippen LogP contribution < -0.4 is 5.32 Å². The fourth-order valence-electron chi connectivity index (χ4n) is 3.47. The lowest BCUT2D eigenvalue weighted by Crippen LogP contribution is -2.47. The van der Waals surface area contributed by atoms with Crippen molar-refractivity contribution in [3.63, 3.8) is 0 Å². The van der Waals surface area contributed by atoms with Crippen molar-refractivity contribution in [2.45, 2.75) is 18.9 Å². The van der Waals surface area contributed by atoms with Crippen LogP contribution in [0.4, 0.5) is 4.39 Å². The molecule has 3 nitrogen and oxygen atoms in total. The van der Waals surface area contributed by atoms with Crippen LogP contribution in [0.1, 0.15) is 24.4 Å². The molecule has 1 aromatic carbocycles. The second-order valence-corrected chi connectivity index (χ2v) is 6.26. The predicted molar refractivity (Wildman–Crippen MR) is 96.6 cm³/mol. The average Bonchev–Trinajstić information content (AvgIpc) is 2.53. The van der Waals surface area contributed by atoms with Gasteiger partial charge >= 0.3 is 0 Å². The summed E-state index contributed by atoms with van der Waals surface area (Å²) in [4.78, 5) is 2.48. The van der Waals surface area contributed by atoms with Gasteiger partial charge in [-0.15, -0.1) is 24.8 Å². The summed E-state index contributed by atoms with van der Waals surface area (Å²) in [5.41, 5.74) is 1.05. The summed E-state index contributed by atoms with van der Waals surface area (Å²) in [6.07, 6.45) is 2.08. The maximum absolute atomic E-state index is 13.9. The van der Waals surface area contributed by atoms with Gasteiger partial charge in [0.2, 0.25) is 0 Å². The van der Waals surface area contributed by atoms with Crippen LogP contribution in [0.15, 0.2) is 18.2 Å². The molecule has 0 amide bonds. The number of hydrogen-bond donors (Lipinski definition) is 1. The van der Waals surface area contributed by atoms with Crippen molar-refractivity contribution in [2.24, 2.45) is 5.92 Å². The highest BCUT2D eigenvalue weighted by Gasteiger charge is 2.31. The summed E-state index contributed by atoms with van der Waals surface area (Å²) < 4.78 is 19.4. The Labute approximate surface area is 154 Å². The van der Waals surface area contributed by atoms with E-state index in [0.29, 0.717) is 5.92 Å². The quantitative estimate of drug-likeness (QED) is 0.858. The van der Waals surface area contributed by atoms with Crippen LogP contribution in [-0.4, -0.2) is 44.3 Å². The number of rotatable bonds is 3. The first kappa shape index (κ1) is 20.9. The minimum Gasteiger partial charge on any atom is -0.381 e. The second-order valence-electron chi connectivity index (χ2n) is 5.85. The molecule has 0 saturated carbocycles. The Morgan fingerprint density at radius 1 is 1.17 bits per heavy atom. The number of benzene rings is 1. The molecular formula is C16H24Cl3FN2O. The van der Waals surface area contributed by atoms with E-state index < -0.39 is 0 Å². The summed E-state index contributed by atoms with van der Waals surface area (Å²) in [7, 11) is 0. The van der Waals surface area contributed by atoms with Gasteiger partial charge in [-0.2, -0.15) is 0 Å². The first-order valence-corrected chi connectivity index (χ1v) is 8.11. The van der Waals surface area contributed by atoms with Crippen molar-refractivity contribution in [3.05, 3.63) is 34.6 Å². The minimum absolute atomic E-state index is 0. The van der Waals surface area contributed by atoms with Gasteiger partial charge in [-0.3, -0.25) is 4.90 Å². The molecule has 2 saturated heterocycles. The molecule has 0 radical (unpaired) electrons. The van der Waals surface area contributed by atoms with Crippen molar-refractivity contribution in [3.8, 4) is 0 Å². The number of nitrogens with one attached hydrogen (secondary N) is 1. The standard InChI is InChI=1S/C16H22ClFN2O.2ClH/c17-14-2-1-13(11-15(14)18)16(12-3-9-21-10-4-12)20-7-5-19-6-8-20;;/h1-2,11-12,16,19H,3-10H2;2*1H/t16-;;/m1../s1. The normalized spacial score (nSPS) is 21.1. The van der Waals surface area contributed by atoms with Crippen molar-refractivity contribution in [2.75, 3.05) is 39.4 Å². The maximum Gasteiger partial charge on any atom is 0.142 e. The lowest BCUT2D eigenvalue weighted by atomic mass is 9.85. The largest absolute Gasteiger partial charge is 0.381 e. The Balaban J connectivity index is 0.00000132. The summed E-state index contributed by atoms with van der Waals surface area (Å²) in [6, 6.07) is 5.54. The molecule has 2 fully saturated rings. The third-order valence-electron chi connectivity index (χ3n) is 4.54. The van der Waals surface area contributed by atoms with E-state index in [1.165, 1.54) is 0 Å². The van der Waals surface area contributed by atoms with E-state index in [2.05, 4.69) is 10.2 Å². The second kappa shape index (κ2) is 10.0. The molecule has 2 heterocycles. The van der Waals surface area contributed by atoms with Crippen LogP contribution in [0, 0.1) is 11.7 Å². The van der Waals surface area contributed by atoms with Gasteiger partial charge in [0.15, 0.2) is 0 Å². The third-order valence-corrected chi connectivity index (χ3v) is 4.85. The zero-order valence-corrected chi connectivity index (χ0v) is 15.4. The van der Waals surface area contributed by atoms with Crippen molar-refractivity contribution >= 4 is 36.4 Å². The molecular weight excluding hydrogens is 362 g/mol. The van der Waals surface area contributed by atoms with Gasteiger partial charge < -0.3 is 10.1 Å². The molecule has 7 heteroatoms. The Morgan fingerprint density at radius 3 is 2.43 bits per heavy atom. The first-order chi connectivity index (χ1) is 10.3. The molecule has 132 valence electrons. The van der Waals surface area contributed by atoms with Crippen LogP contribution in [0.2, 0.25) is 5.02 Å². The Bertz CT molecular complexity index is 462. The molecule has 0 unspecified atom stereocenters. The number of ether oxygens (including phenoxy) is 1. The average molecular weight is 386 g/mol. The van der Waals surface area contributed by atoms with Crippen molar-refractivity contribution < 1.29 is 9.13 Å². The summed E-state index contributed by atoms with van der Waals surface area (Å²) >= 11 is 5.84. The zero-order valence-electron chi connectivity index (χ0n) is 13.0. The Morgan fingerprint density at radius 2 is 1.83 bits per heavy atom. The first-order valence-electron chi connectivity index (χ1n) is 7.73. The van der Waals surface area contributed by atoms with E-state index in [0.717, 1.165) is 57.8 Å². The van der Waals surface area contributed by atoms with E-state index in [1.807, 2.05) is 6.07 Å². The molecule has 0 spiro atoms. The van der Waals surface area contributed by atoms with Gasteiger partial charge in [0, 0.05) is 45.4 Å². The molecule has 0 aliphatic carbocycles. The van der Waals surface area contributed by atoms with Gasteiger partial charge in [0.1, 0.15) is 5.82 Å². The number of nitrogens with zero attached hydrogens (tertiary/aromatic N) is 1. The van der Waals surface area contributed by atoms with Gasteiger partial charge in [0.05, 0.1) is 5.02 Å². The van der Waals surface area contributed by atoms with E-state index in [9.17, 15) is 4.39 Å². The van der Waals surface area contributed by atoms with Crippen molar-refractivity contribution in [1.82, 2.24) is 10.2 Å². The van der Waals surface area contributed by atoms with Crippen LogP contribution in [-0.2, 0) is 4.74 Å². The fourth-order valence-corrected chi connectivity index (χ4v) is 3.59. The molecule has 0 aromatic heterocycles. The molecule has 3 rings (SSSR count). The van der Waals surface area contributed by atoms with E-state index >= 15 is 0 Å². The molecule has 1 atom stereocenters. The lowest BCUT2D eigenvalue weighted by Gasteiger charge is -2.41. The highest BCUT2D eigenvalue weighted by Crippen LogP contribution is 2.36. The van der Waals surface area contributed by atoms with Gasteiger partial charge in [-0.25, -0.2) is 4.39 Å². The lowest BCUT2D eigenvalue weighted by molar-refractivity contribution is 0.0212. The highest BCUT2D eigenvalue weighted by molar-refractivity contribution is 6.30. The topological polar surface area (TPSA) is 24.5 Å². The summed E-state index contributed by atoms with van der Waals surface area (Å²) in [5, 5.41) is 3.58. The summed E-state index contributed by atoms with van der Waals surface area (Å²) in [5.74, 6) is 0.207. The smallest absolute Gasteiger partial charge is 0.142 e. The van der Waals surface area contributed by atoms with Crippen LogP contribution in [0.3, 0.4) is 0 Å². The molecule has 2 aliphatic heterocycles. The monoisotopic (exact) mass is 384 g/mol. The van der Waals surface area contributed by atoms with Crippen LogP contribution >= 0.6 is 36.4 Å². The Kier molecular flexibility index (Phi) is 9.12. The molecule has 23 heavy (non-hydrogen) atoms. The van der Waals surface area contributed by atoms with Gasteiger partial charge in [0.25, 0.3) is 0 Å². The van der Waals surface area contributed by atoms with E-state index in [1.54, 1.807) is 12.1 Å². The van der Waals surface area contributed by atoms with E-state index in [-0.39, 0.29) is 41.7 Å². The fraction of sp³-hybridized carbons (Fsp3) is 0.625. The SMILES string of the molecule is Cl.Cl.Fc1cc([C@@H](C2CCOCC2)N2CCNCC2)ccc1Cl.